The molecule has 0 spiro atoms. The van der Waals surface area contributed by atoms with E-state index in [4.69, 9.17) is 4.74 Å². The van der Waals surface area contributed by atoms with E-state index >= 15 is 0 Å². The molecule has 1 aliphatic carbocycles. The van der Waals surface area contributed by atoms with Crippen molar-refractivity contribution >= 4 is 11.9 Å². The second kappa shape index (κ2) is 5.52. The van der Waals surface area contributed by atoms with E-state index in [1.165, 1.54) is 6.07 Å². The number of allylic oxidation sites excluding steroid dienone is 1. The summed E-state index contributed by atoms with van der Waals surface area (Å²) in [6, 6.07) is 11.9. The van der Waals surface area contributed by atoms with Crippen molar-refractivity contribution in [1.29, 1.82) is 0 Å². The first-order chi connectivity index (χ1) is 10.2. The molecule has 0 atom stereocenters. The Morgan fingerprint density at radius 1 is 1.14 bits per heavy atom. The van der Waals surface area contributed by atoms with Gasteiger partial charge in [0.1, 0.15) is 11.6 Å². The molecule has 0 N–H and O–H groups in total. The van der Waals surface area contributed by atoms with E-state index in [1.807, 2.05) is 6.07 Å². The summed E-state index contributed by atoms with van der Waals surface area (Å²) in [6.45, 7) is 0. The van der Waals surface area contributed by atoms with Crippen LogP contribution in [0.4, 0.5) is 4.39 Å². The van der Waals surface area contributed by atoms with Gasteiger partial charge in [0.2, 0.25) is 0 Å². The molecule has 0 bridgehead atoms. The summed E-state index contributed by atoms with van der Waals surface area (Å²) in [6.07, 6.45) is 3.04. The molecule has 3 heteroatoms. The van der Waals surface area contributed by atoms with Gasteiger partial charge < -0.3 is 4.74 Å². The molecule has 0 saturated carbocycles. The summed E-state index contributed by atoms with van der Waals surface area (Å²) in [5, 5.41) is 0. The quantitative estimate of drug-likeness (QED) is 0.777. The van der Waals surface area contributed by atoms with Gasteiger partial charge in [-0.1, -0.05) is 18.2 Å². The predicted molar refractivity (Wildman–Crippen MR) is 80.0 cm³/mol. The summed E-state index contributed by atoms with van der Waals surface area (Å²) in [5.74, 6) is 0.420. The number of halogens is 1. The van der Waals surface area contributed by atoms with Crippen LogP contribution in [0.3, 0.4) is 0 Å². The molecule has 106 valence electrons. The lowest BCUT2D eigenvalue weighted by atomic mass is 9.86. The summed E-state index contributed by atoms with van der Waals surface area (Å²) in [7, 11) is 1.61. The number of carbonyl (C=O) groups is 1. The Bertz CT molecular complexity index is 732. The predicted octanol–water partition coefficient (Wildman–Crippen LogP) is 4.05. The third-order valence-corrected chi connectivity index (χ3v) is 3.75. The topological polar surface area (TPSA) is 26.3 Å². The molecule has 2 nitrogen and oxygen atoms in total. The molecule has 2 aromatic carbocycles. The van der Waals surface area contributed by atoms with E-state index in [0.717, 1.165) is 17.7 Å². The molecular formula is C18H15FO2. The fourth-order valence-electron chi connectivity index (χ4n) is 2.60. The molecule has 3 rings (SSSR count). The van der Waals surface area contributed by atoms with Crippen molar-refractivity contribution in [2.24, 2.45) is 0 Å². The molecule has 2 aromatic rings. The van der Waals surface area contributed by atoms with Crippen molar-refractivity contribution in [3.05, 3.63) is 70.5 Å². The average Bonchev–Trinajstić information content (AvgIpc) is 2.51. The number of ether oxygens (including phenoxy) is 1. The van der Waals surface area contributed by atoms with E-state index in [2.05, 4.69) is 0 Å². The summed E-state index contributed by atoms with van der Waals surface area (Å²) >= 11 is 0. The fraction of sp³-hybridized carbons (Fsp3) is 0.167. The van der Waals surface area contributed by atoms with Gasteiger partial charge in [-0.15, -0.1) is 0 Å². The van der Waals surface area contributed by atoms with Crippen molar-refractivity contribution in [3.8, 4) is 5.75 Å². The minimum absolute atomic E-state index is 0.0258. The van der Waals surface area contributed by atoms with E-state index in [9.17, 15) is 9.18 Å². The third kappa shape index (κ3) is 2.59. The lowest BCUT2D eigenvalue weighted by Gasteiger charge is -2.18. The summed E-state index contributed by atoms with van der Waals surface area (Å²) in [4.78, 5) is 12.5. The average molecular weight is 282 g/mol. The molecule has 0 saturated heterocycles. The van der Waals surface area contributed by atoms with Crippen molar-refractivity contribution in [2.75, 3.05) is 7.11 Å². The first-order valence-electron chi connectivity index (χ1n) is 6.86. The maximum absolute atomic E-state index is 13.7. The Morgan fingerprint density at radius 3 is 2.71 bits per heavy atom. The van der Waals surface area contributed by atoms with Crippen LogP contribution in [0.2, 0.25) is 0 Å². The number of rotatable bonds is 2. The Morgan fingerprint density at radius 2 is 1.95 bits per heavy atom. The Labute approximate surface area is 122 Å². The molecule has 0 amide bonds. The van der Waals surface area contributed by atoms with Crippen LogP contribution >= 0.6 is 0 Å². The Hall–Kier alpha value is -2.42. The van der Waals surface area contributed by atoms with Crippen molar-refractivity contribution in [2.45, 2.75) is 12.8 Å². The first-order valence-corrected chi connectivity index (χ1v) is 6.86. The minimum atomic E-state index is -0.307. The SMILES string of the molecule is COc1ccc2c(c1)CC/C(=C\c1ccccc1F)C2=O. The minimum Gasteiger partial charge on any atom is -0.497 e. The standard InChI is InChI=1S/C18H15FO2/c1-21-15-8-9-16-12(11-15)6-7-14(18(16)20)10-13-4-2-3-5-17(13)19/h2-5,8-11H,6-7H2,1H3/b14-10+. The lowest BCUT2D eigenvalue weighted by Crippen LogP contribution is -2.14. The zero-order chi connectivity index (χ0) is 14.8. The summed E-state index contributed by atoms with van der Waals surface area (Å²) < 4.78 is 18.9. The van der Waals surface area contributed by atoms with Crippen LogP contribution in [0.5, 0.6) is 5.75 Å². The van der Waals surface area contributed by atoms with Crippen LogP contribution in [0.25, 0.3) is 6.08 Å². The molecule has 0 aliphatic heterocycles. The van der Waals surface area contributed by atoms with Crippen molar-refractivity contribution in [1.82, 2.24) is 0 Å². The molecule has 0 aromatic heterocycles. The van der Waals surface area contributed by atoms with Crippen LogP contribution in [-0.2, 0) is 6.42 Å². The highest BCUT2D eigenvalue weighted by Gasteiger charge is 2.22. The maximum Gasteiger partial charge on any atom is 0.189 e. The van der Waals surface area contributed by atoms with Crippen LogP contribution in [0.15, 0.2) is 48.0 Å². The van der Waals surface area contributed by atoms with Crippen LogP contribution in [-0.4, -0.2) is 12.9 Å². The van der Waals surface area contributed by atoms with Gasteiger partial charge in [-0.3, -0.25) is 4.79 Å². The van der Waals surface area contributed by atoms with Gasteiger partial charge in [-0.2, -0.15) is 0 Å². The molecule has 0 fully saturated rings. The van der Waals surface area contributed by atoms with Crippen LogP contribution in [0, 0.1) is 5.82 Å². The third-order valence-electron chi connectivity index (χ3n) is 3.75. The molecule has 0 radical (unpaired) electrons. The second-order valence-electron chi connectivity index (χ2n) is 5.04. The van der Waals surface area contributed by atoms with Gasteiger partial charge in [0, 0.05) is 16.7 Å². The monoisotopic (exact) mass is 282 g/mol. The highest BCUT2D eigenvalue weighted by atomic mass is 19.1. The van der Waals surface area contributed by atoms with Gasteiger partial charge in [-0.05, 0) is 48.7 Å². The zero-order valence-electron chi connectivity index (χ0n) is 11.7. The number of benzene rings is 2. The van der Waals surface area contributed by atoms with E-state index in [1.54, 1.807) is 43.5 Å². The molecule has 0 unspecified atom stereocenters. The van der Waals surface area contributed by atoms with Crippen LogP contribution in [0.1, 0.15) is 27.9 Å². The number of ketones is 1. The molecule has 0 heterocycles. The highest BCUT2D eigenvalue weighted by molar-refractivity contribution is 6.13. The molecular weight excluding hydrogens is 267 g/mol. The Kier molecular flexibility index (Phi) is 3.57. The largest absolute Gasteiger partial charge is 0.497 e. The molecule has 1 aliphatic rings. The maximum atomic E-state index is 13.7. The van der Waals surface area contributed by atoms with Gasteiger partial charge >= 0.3 is 0 Å². The fourth-order valence-corrected chi connectivity index (χ4v) is 2.60. The van der Waals surface area contributed by atoms with Crippen molar-refractivity contribution < 1.29 is 13.9 Å². The van der Waals surface area contributed by atoms with Crippen LogP contribution < -0.4 is 4.74 Å². The first kappa shape index (κ1) is 13.6. The Balaban J connectivity index is 1.98. The number of aryl methyl sites for hydroxylation is 1. The van der Waals surface area contributed by atoms with Gasteiger partial charge in [0.25, 0.3) is 0 Å². The second-order valence-corrected chi connectivity index (χ2v) is 5.04. The highest BCUT2D eigenvalue weighted by Crippen LogP contribution is 2.29. The van der Waals surface area contributed by atoms with Gasteiger partial charge in [0.05, 0.1) is 7.11 Å². The van der Waals surface area contributed by atoms with Crippen molar-refractivity contribution in [3.63, 3.8) is 0 Å². The number of Topliss-reactive ketones (excluding diaryl/α,β-unsaturated/α-hetero) is 1. The number of hydrogen-bond acceptors (Lipinski definition) is 2. The summed E-state index contributed by atoms with van der Waals surface area (Å²) in [5.41, 5.74) is 2.78. The van der Waals surface area contributed by atoms with E-state index < -0.39 is 0 Å². The number of fused-ring (bicyclic) bond motifs is 1. The normalized spacial score (nSPS) is 15.9. The van der Waals surface area contributed by atoms with Gasteiger partial charge in [0.15, 0.2) is 5.78 Å². The number of carbonyl (C=O) groups excluding carboxylic acids is 1. The lowest BCUT2D eigenvalue weighted by molar-refractivity contribution is 0.102. The number of methoxy groups -OCH3 is 1. The zero-order valence-corrected chi connectivity index (χ0v) is 11.7. The van der Waals surface area contributed by atoms with E-state index in [0.29, 0.717) is 23.1 Å². The molecule has 21 heavy (non-hydrogen) atoms. The van der Waals surface area contributed by atoms with E-state index in [-0.39, 0.29) is 11.6 Å². The number of hydrogen-bond donors (Lipinski definition) is 0. The van der Waals surface area contributed by atoms with Gasteiger partial charge in [-0.25, -0.2) is 4.39 Å². The smallest absolute Gasteiger partial charge is 0.189 e.